The van der Waals surface area contributed by atoms with Gasteiger partial charge in [0, 0.05) is 20.1 Å². The molecule has 68 valence electrons. The number of hydrogen-bond acceptors (Lipinski definition) is 5. The first-order chi connectivity index (χ1) is 5.77. The van der Waals surface area contributed by atoms with Gasteiger partial charge in [-0.3, -0.25) is 0 Å². The first-order valence-corrected chi connectivity index (χ1v) is 3.83. The number of nitrogens with two attached hydrogens (primary N) is 1. The average molecular weight is 171 g/mol. The third-order valence-corrected chi connectivity index (χ3v) is 1.56. The lowest BCUT2D eigenvalue weighted by Crippen LogP contribution is -2.03. The van der Waals surface area contributed by atoms with Crippen LogP contribution in [0.15, 0.2) is 4.52 Å². The van der Waals surface area contributed by atoms with E-state index in [1.807, 2.05) is 6.92 Å². The van der Waals surface area contributed by atoms with E-state index in [1.54, 1.807) is 7.11 Å². The summed E-state index contributed by atoms with van der Waals surface area (Å²) < 4.78 is 9.92. The molecule has 1 aromatic rings. The largest absolute Gasteiger partial charge is 0.374 e. The summed E-state index contributed by atoms with van der Waals surface area (Å²) in [5.74, 6) is 1.14. The molecule has 0 saturated carbocycles. The summed E-state index contributed by atoms with van der Waals surface area (Å²) in [5, 5.41) is 3.74. The van der Waals surface area contributed by atoms with E-state index in [4.69, 9.17) is 15.0 Å². The second kappa shape index (κ2) is 4.18. The van der Waals surface area contributed by atoms with Crippen molar-refractivity contribution < 1.29 is 9.26 Å². The molecule has 5 nitrogen and oxygen atoms in total. The Labute approximate surface area is 70.9 Å². The molecule has 0 bridgehead atoms. The summed E-state index contributed by atoms with van der Waals surface area (Å²) in [7, 11) is 1.60. The van der Waals surface area contributed by atoms with E-state index in [0.717, 1.165) is 0 Å². The Hall–Kier alpha value is -0.940. The molecule has 5 heteroatoms. The number of hydrogen-bond donors (Lipinski definition) is 1. The molecule has 0 aliphatic carbocycles. The number of rotatable bonds is 4. The summed E-state index contributed by atoms with van der Waals surface area (Å²) >= 11 is 0. The molecule has 0 saturated heterocycles. The van der Waals surface area contributed by atoms with Crippen molar-refractivity contribution in [2.45, 2.75) is 19.4 Å². The van der Waals surface area contributed by atoms with E-state index >= 15 is 0 Å². The highest BCUT2D eigenvalue weighted by Gasteiger charge is 2.11. The lowest BCUT2D eigenvalue weighted by atomic mass is 10.4. The summed E-state index contributed by atoms with van der Waals surface area (Å²) in [6.45, 7) is 2.38. The van der Waals surface area contributed by atoms with Crippen LogP contribution >= 0.6 is 0 Å². The van der Waals surface area contributed by atoms with Crippen molar-refractivity contribution in [2.24, 2.45) is 5.73 Å². The molecule has 0 amide bonds. The first-order valence-electron chi connectivity index (χ1n) is 3.83. The SMILES string of the molecule is CO[C@@H](C)c1noc(CCN)n1. The van der Waals surface area contributed by atoms with Gasteiger partial charge in [-0.15, -0.1) is 0 Å². The molecule has 0 aromatic carbocycles. The predicted molar refractivity (Wildman–Crippen MR) is 42.5 cm³/mol. The predicted octanol–water partition coefficient (Wildman–Crippen LogP) is 0.278. The topological polar surface area (TPSA) is 74.2 Å². The zero-order chi connectivity index (χ0) is 8.97. The molecular formula is C7H13N3O2. The van der Waals surface area contributed by atoms with E-state index in [0.29, 0.717) is 24.7 Å². The van der Waals surface area contributed by atoms with Crippen LogP contribution in [-0.2, 0) is 11.2 Å². The maximum atomic E-state index is 5.32. The first kappa shape index (κ1) is 9.15. The van der Waals surface area contributed by atoms with Crippen molar-refractivity contribution in [3.8, 4) is 0 Å². The van der Waals surface area contributed by atoms with Crippen LogP contribution in [0, 0.1) is 0 Å². The van der Waals surface area contributed by atoms with Crippen molar-refractivity contribution in [1.82, 2.24) is 10.1 Å². The van der Waals surface area contributed by atoms with Gasteiger partial charge < -0.3 is 15.0 Å². The zero-order valence-corrected chi connectivity index (χ0v) is 7.28. The van der Waals surface area contributed by atoms with Gasteiger partial charge >= 0.3 is 0 Å². The average Bonchev–Trinajstić information content (AvgIpc) is 2.52. The van der Waals surface area contributed by atoms with Crippen LogP contribution in [-0.4, -0.2) is 23.8 Å². The standard InChI is InChI=1S/C7H13N3O2/c1-5(11-2)7-9-6(3-4-8)12-10-7/h5H,3-4,8H2,1-2H3/t5-/m0/s1. The lowest BCUT2D eigenvalue weighted by molar-refractivity contribution is 0.109. The smallest absolute Gasteiger partial charge is 0.228 e. The molecule has 1 aromatic heterocycles. The molecule has 0 spiro atoms. The third-order valence-electron chi connectivity index (χ3n) is 1.56. The minimum absolute atomic E-state index is 0.125. The van der Waals surface area contributed by atoms with Crippen molar-refractivity contribution >= 4 is 0 Å². The monoisotopic (exact) mass is 171 g/mol. The van der Waals surface area contributed by atoms with E-state index in [-0.39, 0.29) is 6.10 Å². The van der Waals surface area contributed by atoms with Crippen LogP contribution in [0.2, 0.25) is 0 Å². The van der Waals surface area contributed by atoms with Crippen molar-refractivity contribution in [3.63, 3.8) is 0 Å². The molecular weight excluding hydrogens is 158 g/mol. The molecule has 1 heterocycles. The fourth-order valence-corrected chi connectivity index (χ4v) is 0.764. The van der Waals surface area contributed by atoms with Gasteiger partial charge in [0.25, 0.3) is 0 Å². The highest BCUT2D eigenvalue weighted by molar-refractivity contribution is 4.89. The number of aromatic nitrogens is 2. The summed E-state index contributed by atoms with van der Waals surface area (Å²) in [4.78, 5) is 4.09. The van der Waals surface area contributed by atoms with Crippen LogP contribution in [0.5, 0.6) is 0 Å². The molecule has 0 radical (unpaired) electrons. The Morgan fingerprint density at radius 2 is 2.42 bits per heavy atom. The molecule has 2 N–H and O–H groups in total. The minimum Gasteiger partial charge on any atom is -0.374 e. The fraction of sp³-hybridized carbons (Fsp3) is 0.714. The summed E-state index contributed by atoms with van der Waals surface area (Å²) in [5.41, 5.74) is 5.32. The van der Waals surface area contributed by atoms with E-state index < -0.39 is 0 Å². The van der Waals surface area contributed by atoms with Crippen molar-refractivity contribution in [1.29, 1.82) is 0 Å². The quantitative estimate of drug-likeness (QED) is 0.704. The molecule has 0 aliphatic rings. The number of nitrogens with zero attached hydrogens (tertiary/aromatic N) is 2. The van der Waals surface area contributed by atoms with Gasteiger partial charge in [0.15, 0.2) is 5.82 Å². The minimum atomic E-state index is -0.125. The van der Waals surface area contributed by atoms with Crippen molar-refractivity contribution in [2.75, 3.05) is 13.7 Å². The van der Waals surface area contributed by atoms with Crippen LogP contribution in [0.1, 0.15) is 24.7 Å². The fourth-order valence-electron chi connectivity index (χ4n) is 0.764. The van der Waals surface area contributed by atoms with Crippen LogP contribution < -0.4 is 5.73 Å². The maximum Gasteiger partial charge on any atom is 0.228 e. The Bertz CT molecular complexity index is 236. The molecule has 12 heavy (non-hydrogen) atoms. The molecule has 0 fully saturated rings. The Balaban J connectivity index is 2.63. The van der Waals surface area contributed by atoms with Crippen LogP contribution in [0.3, 0.4) is 0 Å². The highest BCUT2D eigenvalue weighted by atomic mass is 16.5. The van der Waals surface area contributed by atoms with E-state index in [2.05, 4.69) is 10.1 Å². The van der Waals surface area contributed by atoms with Crippen LogP contribution in [0.25, 0.3) is 0 Å². The van der Waals surface area contributed by atoms with Gasteiger partial charge in [-0.05, 0) is 6.92 Å². The summed E-state index contributed by atoms with van der Waals surface area (Å²) in [6.07, 6.45) is 0.490. The Morgan fingerprint density at radius 1 is 1.67 bits per heavy atom. The molecule has 0 unspecified atom stereocenters. The lowest BCUT2D eigenvalue weighted by Gasteiger charge is -2.00. The number of ether oxygens (including phenoxy) is 1. The third kappa shape index (κ3) is 2.02. The zero-order valence-electron chi connectivity index (χ0n) is 7.28. The van der Waals surface area contributed by atoms with E-state index in [1.165, 1.54) is 0 Å². The van der Waals surface area contributed by atoms with Gasteiger partial charge in [-0.25, -0.2) is 0 Å². The normalized spacial score (nSPS) is 13.2. The van der Waals surface area contributed by atoms with Gasteiger partial charge in [0.2, 0.25) is 5.89 Å². The Kier molecular flexibility index (Phi) is 3.19. The molecule has 1 rings (SSSR count). The van der Waals surface area contributed by atoms with E-state index in [9.17, 15) is 0 Å². The van der Waals surface area contributed by atoms with Gasteiger partial charge in [-0.2, -0.15) is 4.98 Å². The van der Waals surface area contributed by atoms with Gasteiger partial charge in [0.1, 0.15) is 6.10 Å². The maximum absolute atomic E-state index is 5.32. The van der Waals surface area contributed by atoms with Crippen LogP contribution in [0.4, 0.5) is 0 Å². The van der Waals surface area contributed by atoms with Gasteiger partial charge in [-0.1, -0.05) is 5.16 Å². The Morgan fingerprint density at radius 3 is 3.00 bits per heavy atom. The van der Waals surface area contributed by atoms with Gasteiger partial charge in [0.05, 0.1) is 0 Å². The second-order valence-electron chi connectivity index (χ2n) is 2.46. The highest BCUT2D eigenvalue weighted by Crippen LogP contribution is 2.11. The summed E-state index contributed by atoms with van der Waals surface area (Å²) in [6, 6.07) is 0. The van der Waals surface area contributed by atoms with Crippen molar-refractivity contribution in [3.05, 3.63) is 11.7 Å². The second-order valence-corrected chi connectivity index (χ2v) is 2.46. The molecule has 0 aliphatic heterocycles. The molecule has 1 atom stereocenters. The number of methoxy groups -OCH3 is 1.